The second kappa shape index (κ2) is 10.1. The number of sulfonamides is 1. The smallest absolute Gasteiger partial charge is 0.243 e. The summed E-state index contributed by atoms with van der Waals surface area (Å²) in [6, 6.07) is 17.1. The molecule has 0 bridgehead atoms. The molecule has 1 aromatic heterocycles. The topological polar surface area (TPSA) is 63.9 Å². The van der Waals surface area contributed by atoms with Crippen molar-refractivity contribution >= 4 is 27.0 Å². The minimum absolute atomic E-state index is 0.343. The van der Waals surface area contributed by atoms with Crippen molar-refractivity contribution < 1.29 is 13.2 Å². The molecule has 0 aliphatic carbocycles. The third kappa shape index (κ3) is 5.04. The molecule has 1 saturated heterocycles. The molecule has 0 amide bonds. The van der Waals surface area contributed by atoms with Crippen molar-refractivity contribution in [2.45, 2.75) is 31.2 Å². The van der Waals surface area contributed by atoms with Crippen molar-refractivity contribution in [3.8, 4) is 11.3 Å². The number of nitrogens with zero attached hydrogens (tertiary/aromatic N) is 3. The van der Waals surface area contributed by atoms with E-state index in [1.165, 1.54) is 11.3 Å². The summed E-state index contributed by atoms with van der Waals surface area (Å²) in [5.41, 5.74) is 2.67. The normalized spacial score (nSPS) is 18.2. The lowest BCUT2D eigenvalue weighted by atomic mass is 10.0. The van der Waals surface area contributed by atoms with E-state index in [1.807, 2.05) is 47.8 Å². The molecule has 2 heterocycles. The number of hydrogen-bond acceptors (Lipinski definition) is 5. The van der Waals surface area contributed by atoms with Crippen molar-refractivity contribution in [1.29, 1.82) is 0 Å². The first-order valence-corrected chi connectivity index (χ1v) is 13.2. The molecular formula is C24H29N3O3S2. The maximum absolute atomic E-state index is 13.3. The molecule has 0 unspecified atom stereocenters. The van der Waals surface area contributed by atoms with Crippen LogP contribution in [0.2, 0.25) is 0 Å². The Morgan fingerprint density at radius 2 is 1.97 bits per heavy atom. The lowest BCUT2D eigenvalue weighted by Crippen LogP contribution is -2.39. The zero-order chi connectivity index (χ0) is 22.6. The Morgan fingerprint density at radius 3 is 2.72 bits per heavy atom. The van der Waals surface area contributed by atoms with Crippen LogP contribution >= 0.6 is 11.3 Å². The summed E-state index contributed by atoms with van der Waals surface area (Å²) in [7, 11) is -1.84. The van der Waals surface area contributed by atoms with E-state index in [2.05, 4.69) is 11.5 Å². The van der Waals surface area contributed by atoms with E-state index in [1.54, 1.807) is 23.5 Å². The van der Waals surface area contributed by atoms with Crippen LogP contribution in [0.15, 0.2) is 69.9 Å². The summed E-state index contributed by atoms with van der Waals surface area (Å²) >= 11 is 1.54. The molecule has 32 heavy (non-hydrogen) atoms. The van der Waals surface area contributed by atoms with Crippen molar-refractivity contribution in [2.24, 2.45) is 10.9 Å². The molecule has 1 aliphatic heterocycles. The van der Waals surface area contributed by atoms with E-state index >= 15 is 0 Å². The molecular weight excluding hydrogens is 442 g/mol. The molecule has 2 aromatic carbocycles. The third-order valence-electron chi connectivity index (χ3n) is 5.68. The van der Waals surface area contributed by atoms with Crippen LogP contribution in [0, 0.1) is 5.92 Å². The largest absolute Gasteiger partial charge is 0.383 e. The van der Waals surface area contributed by atoms with Gasteiger partial charge < -0.3 is 9.30 Å². The van der Waals surface area contributed by atoms with Gasteiger partial charge in [0.1, 0.15) is 0 Å². The van der Waals surface area contributed by atoms with Crippen molar-refractivity contribution in [1.82, 2.24) is 8.87 Å². The van der Waals surface area contributed by atoms with E-state index in [-0.39, 0.29) is 0 Å². The summed E-state index contributed by atoms with van der Waals surface area (Å²) in [5, 5.41) is 2.03. The minimum Gasteiger partial charge on any atom is -0.383 e. The number of benzene rings is 2. The van der Waals surface area contributed by atoms with Crippen LogP contribution in [0.3, 0.4) is 0 Å². The molecule has 6 nitrogen and oxygen atoms in total. The highest BCUT2D eigenvalue weighted by Crippen LogP contribution is 2.28. The van der Waals surface area contributed by atoms with Crippen molar-refractivity contribution in [2.75, 3.05) is 26.8 Å². The first-order chi connectivity index (χ1) is 15.5. The Morgan fingerprint density at radius 1 is 1.16 bits per heavy atom. The molecule has 170 valence electrons. The summed E-state index contributed by atoms with van der Waals surface area (Å²) in [6.45, 7) is 4.44. The Labute approximate surface area is 193 Å². The van der Waals surface area contributed by atoms with Gasteiger partial charge >= 0.3 is 0 Å². The molecule has 4 rings (SSSR count). The maximum Gasteiger partial charge on any atom is 0.243 e. The van der Waals surface area contributed by atoms with Gasteiger partial charge in [-0.2, -0.15) is 4.31 Å². The van der Waals surface area contributed by atoms with Gasteiger partial charge in [-0.25, -0.2) is 13.4 Å². The van der Waals surface area contributed by atoms with E-state index in [9.17, 15) is 8.42 Å². The molecule has 3 aromatic rings. The van der Waals surface area contributed by atoms with Crippen LogP contribution < -0.4 is 4.80 Å². The number of para-hydroxylation sites is 1. The average molecular weight is 472 g/mol. The third-order valence-corrected chi connectivity index (χ3v) is 8.41. The number of ether oxygens (including phenoxy) is 1. The van der Waals surface area contributed by atoms with E-state index in [4.69, 9.17) is 9.73 Å². The van der Waals surface area contributed by atoms with Crippen LogP contribution in [0.1, 0.15) is 19.8 Å². The monoisotopic (exact) mass is 471 g/mol. The van der Waals surface area contributed by atoms with Gasteiger partial charge in [0.15, 0.2) is 4.80 Å². The van der Waals surface area contributed by atoms with Crippen LogP contribution in [-0.2, 0) is 21.3 Å². The minimum atomic E-state index is -3.52. The number of thiazole rings is 1. The Balaban J connectivity index is 1.73. The van der Waals surface area contributed by atoms with E-state index in [0.29, 0.717) is 37.1 Å². The van der Waals surface area contributed by atoms with Gasteiger partial charge in [-0.05, 0) is 43.0 Å². The quantitative estimate of drug-likeness (QED) is 0.509. The van der Waals surface area contributed by atoms with Crippen LogP contribution in [0.25, 0.3) is 11.3 Å². The van der Waals surface area contributed by atoms with Gasteiger partial charge in [0.25, 0.3) is 0 Å². The van der Waals surface area contributed by atoms with Gasteiger partial charge in [-0.3, -0.25) is 0 Å². The molecule has 0 N–H and O–H groups in total. The first-order valence-electron chi connectivity index (χ1n) is 10.9. The number of aromatic nitrogens is 1. The number of rotatable bonds is 7. The highest BCUT2D eigenvalue weighted by atomic mass is 32.2. The zero-order valence-corrected chi connectivity index (χ0v) is 20.1. The Kier molecular flexibility index (Phi) is 7.25. The van der Waals surface area contributed by atoms with Gasteiger partial charge in [-0.1, -0.05) is 37.3 Å². The standard InChI is InChI=1S/C24H29N3O3S2/c1-19-8-7-13-26(17-19)32(28,29)22-12-6-9-20(16-22)23-18-31-24(27(23)14-15-30-2)25-21-10-4-3-5-11-21/h3-6,9-12,16,18-19H,7-8,13-15,17H2,1-2H3/t19-/m0/s1. The summed E-state index contributed by atoms with van der Waals surface area (Å²) in [6.07, 6.45) is 1.99. The predicted molar refractivity (Wildman–Crippen MR) is 128 cm³/mol. The maximum atomic E-state index is 13.3. The molecule has 1 fully saturated rings. The van der Waals surface area contributed by atoms with Gasteiger partial charge in [0, 0.05) is 37.7 Å². The molecule has 0 spiro atoms. The Bertz CT molecular complexity index is 1220. The van der Waals surface area contributed by atoms with Crippen molar-refractivity contribution in [3.63, 3.8) is 0 Å². The van der Waals surface area contributed by atoms with Gasteiger partial charge in [0.2, 0.25) is 10.0 Å². The number of piperidine rings is 1. The van der Waals surface area contributed by atoms with E-state index < -0.39 is 10.0 Å². The fraction of sp³-hybridized carbons (Fsp3) is 0.375. The van der Waals surface area contributed by atoms with Crippen LogP contribution in [-0.4, -0.2) is 44.1 Å². The fourth-order valence-corrected chi connectivity index (χ4v) is 6.59. The zero-order valence-electron chi connectivity index (χ0n) is 18.5. The highest BCUT2D eigenvalue weighted by Gasteiger charge is 2.29. The summed E-state index contributed by atoms with van der Waals surface area (Å²) in [5.74, 6) is 0.386. The second-order valence-corrected chi connectivity index (χ2v) is 10.9. The average Bonchev–Trinajstić information content (AvgIpc) is 3.20. The lowest BCUT2D eigenvalue weighted by Gasteiger charge is -2.30. The molecule has 0 saturated carbocycles. The van der Waals surface area contributed by atoms with Gasteiger partial charge in [0.05, 0.1) is 22.9 Å². The summed E-state index contributed by atoms with van der Waals surface area (Å²) in [4.78, 5) is 5.98. The van der Waals surface area contributed by atoms with Crippen LogP contribution in [0.4, 0.5) is 5.69 Å². The Hall–Kier alpha value is -2.26. The van der Waals surface area contributed by atoms with Crippen molar-refractivity contribution in [3.05, 3.63) is 64.8 Å². The molecule has 0 radical (unpaired) electrons. The predicted octanol–water partition coefficient (Wildman–Crippen LogP) is 4.52. The number of hydrogen-bond donors (Lipinski definition) is 0. The second-order valence-electron chi connectivity index (χ2n) is 8.13. The fourth-order valence-electron chi connectivity index (χ4n) is 3.99. The molecule has 1 atom stereocenters. The molecule has 8 heteroatoms. The first kappa shape index (κ1) is 22.9. The number of methoxy groups -OCH3 is 1. The highest BCUT2D eigenvalue weighted by molar-refractivity contribution is 7.89. The van der Waals surface area contributed by atoms with Crippen LogP contribution in [0.5, 0.6) is 0 Å². The van der Waals surface area contributed by atoms with Gasteiger partial charge in [-0.15, -0.1) is 11.3 Å². The SMILES string of the molecule is COCCn1c(-c2cccc(S(=O)(=O)N3CCC[C@H](C)C3)c2)csc1=Nc1ccccc1. The summed E-state index contributed by atoms with van der Waals surface area (Å²) < 4.78 is 35.6. The van der Waals surface area contributed by atoms with E-state index in [0.717, 1.165) is 34.6 Å². The molecule has 1 aliphatic rings. The lowest BCUT2D eigenvalue weighted by molar-refractivity contribution is 0.187.